The molecule has 2 heterocycles. The van der Waals surface area contributed by atoms with Crippen LogP contribution in [0.25, 0.3) is 16.6 Å². The molecule has 1 aliphatic rings. The Bertz CT molecular complexity index is 1240. The molecular weight excluding hydrogens is 481 g/mol. The number of carbonyl (C=O) groups excluding carboxylic acids is 1. The van der Waals surface area contributed by atoms with E-state index in [1.165, 1.54) is 12.1 Å². The molecule has 1 aliphatic heterocycles. The molecule has 3 aromatic rings. The molecule has 0 bridgehead atoms. The number of rotatable bonds is 8. The second-order valence-electron chi connectivity index (χ2n) is 8.05. The van der Waals surface area contributed by atoms with E-state index < -0.39 is 17.3 Å². The van der Waals surface area contributed by atoms with Crippen molar-refractivity contribution in [1.29, 1.82) is 0 Å². The van der Waals surface area contributed by atoms with Gasteiger partial charge < -0.3 is 10.1 Å². The van der Waals surface area contributed by atoms with E-state index in [0.717, 1.165) is 67.7 Å². The third kappa shape index (κ3) is 6.41. The monoisotopic (exact) mass is 506 g/mol. The minimum Gasteiger partial charge on any atom is -0.379 e. The number of morpholine rings is 1. The lowest BCUT2D eigenvalue weighted by molar-refractivity contribution is -0.137. The number of ether oxygens (including phenoxy) is 1. The van der Waals surface area contributed by atoms with Crippen LogP contribution in [-0.2, 0) is 15.7 Å². The van der Waals surface area contributed by atoms with E-state index in [-0.39, 0.29) is 27.9 Å². The van der Waals surface area contributed by atoms with Crippen LogP contribution in [0.15, 0.2) is 58.5 Å². The highest BCUT2D eigenvalue weighted by atomic mass is 32.2. The highest BCUT2D eigenvalue weighted by molar-refractivity contribution is 7.99. The molecule has 0 atom stereocenters. The zero-order chi connectivity index (χ0) is 24.8. The number of thioether (sulfide) groups is 1. The van der Waals surface area contributed by atoms with Gasteiger partial charge in [-0.1, -0.05) is 30.0 Å². The van der Waals surface area contributed by atoms with Crippen LogP contribution < -0.4 is 10.9 Å². The molecule has 11 heteroatoms. The number of amides is 1. The van der Waals surface area contributed by atoms with Crippen LogP contribution >= 0.6 is 11.8 Å². The van der Waals surface area contributed by atoms with Crippen LogP contribution in [0.1, 0.15) is 12.0 Å². The molecular formula is C24H25F3N4O3S. The first kappa shape index (κ1) is 25.2. The Hall–Kier alpha value is -2.89. The van der Waals surface area contributed by atoms with Gasteiger partial charge in [0, 0.05) is 19.6 Å². The topological polar surface area (TPSA) is 76.5 Å². The Morgan fingerprint density at radius 2 is 1.89 bits per heavy atom. The maximum Gasteiger partial charge on any atom is 0.416 e. The number of alkyl halides is 3. The lowest BCUT2D eigenvalue weighted by atomic mass is 10.2. The summed E-state index contributed by atoms with van der Waals surface area (Å²) in [4.78, 5) is 32.4. The van der Waals surface area contributed by atoms with Crippen molar-refractivity contribution < 1.29 is 22.7 Å². The first-order chi connectivity index (χ1) is 16.8. The van der Waals surface area contributed by atoms with Crippen molar-refractivity contribution in [3.05, 3.63) is 64.4 Å². The lowest BCUT2D eigenvalue weighted by Crippen LogP contribution is -2.38. The van der Waals surface area contributed by atoms with Crippen LogP contribution in [0.2, 0.25) is 0 Å². The third-order valence-corrected chi connectivity index (χ3v) is 6.52. The quantitative estimate of drug-likeness (QED) is 0.287. The average molecular weight is 507 g/mol. The zero-order valence-corrected chi connectivity index (χ0v) is 19.7. The van der Waals surface area contributed by atoms with E-state index in [4.69, 9.17) is 4.74 Å². The fraction of sp³-hybridized carbons (Fsp3) is 0.375. The van der Waals surface area contributed by atoms with E-state index in [9.17, 15) is 22.8 Å². The van der Waals surface area contributed by atoms with Gasteiger partial charge in [0.1, 0.15) is 0 Å². The summed E-state index contributed by atoms with van der Waals surface area (Å²) in [6.07, 6.45) is -3.77. The van der Waals surface area contributed by atoms with Crippen LogP contribution in [0.4, 0.5) is 13.2 Å². The smallest absolute Gasteiger partial charge is 0.379 e. The average Bonchev–Trinajstić information content (AvgIpc) is 2.86. The molecule has 0 spiro atoms. The van der Waals surface area contributed by atoms with Crippen molar-refractivity contribution in [2.24, 2.45) is 0 Å². The molecule has 1 saturated heterocycles. The van der Waals surface area contributed by atoms with Crippen molar-refractivity contribution in [3.63, 3.8) is 0 Å². The van der Waals surface area contributed by atoms with Crippen molar-refractivity contribution in [1.82, 2.24) is 19.8 Å². The number of nitrogens with one attached hydrogen (secondary N) is 1. The maximum atomic E-state index is 13.3. The number of fused-ring (bicyclic) bond motifs is 1. The number of nitrogens with zero attached hydrogens (tertiary/aromatic N) is 3. The lowest BCUT2D eigenvalue weighted by Gasteiger charge is -2.26. The van der Waals surface area contributed by atoms with Gasteiger partial charge in [0.2, 0.25) is 5.91 Å². The predicted octanol–water partition coefficient (Wildman–Crippen LogP) is 3.34. The minimum atomic E-state index is -4.56. The molecule has 0 radical (unpaired) electrons. The summed E-state index contributed by atoms with van der Waals surface area (Å²) in [5, 5.41) is 3.28. The molecule has 1 amide bonds. The molecule has 1 N–H and O–H groups in total. The van der Waals surface area contributed by atoms with E-state index in [0.29, 0.717) is 12.1 Å². The Kier molecular flexibility index (Phi) is 8.09. The largest absolute Gasteiger partial charge is 0.416 e. The fourth-order valence-corrected chi connectivity index (χ4v) is 4.64. The predicted molar refractivity (Wildman–Crippen MR) is 128 cm³/mol. The zero-order valence-electron chi connectivity index (χ0n) is 18.9. The van der Waals surface area contributed by atoms with Gasteiger partial charge in [-0.2, -0.15) is 13.2 Å². The number of hydrogen-bond donors (Lipinski definition) is 1. The summed E-state index contributed by atoms with van der Waals surface area (Å²) in [5.41, 5.74) is -0.919. The first-order valence-electron chi connectivity index (χ1n) is 11.2. The summed E-state index contributed by atoms with van der Waals surface area (Å²) < 4.78 is 46.3. The van der Waals surface area contributed by atoms with E-state index >= 15 is 0 Å². The second kappa shape index (κ2) is 11.2. The van der Waals surface area contributed by atoms with E-state index in [2.05, 4.69) is 15.2 Å². The van der Waals surface area contributed by atoms with Crippen LogP contribution in [-0.4, -0.2) is 65.5 Å². The van der Waals surface area contributed by atoms with E-state index in [1.807, 2.05) is 0 Å². The Morgan fingerprint density at radius 3 is 2.66 bits per heavy atom. The number of para-hydroxylation sites is 1. The minimum absolute atomic E-state index is 0.0265. The van der Waals surface area contributed by atoms with Gasteiger partial charge in [-0.15, -0.1) is 0 Å². The van der Waals surface area contributed by atoms with Crippen LogP contribution in [0, 0.1) is 0 Å². The summed E-state index contributed by atoms with van der Waals surface area (Å²) in [6, 6.07) is 11.1. The molecule has 7 nitrogen and oxygen atoms in total. The molecule has 1 fully saturated rings. The third-order valence-electron chi connectivity index (χ3n) is 5.59. The number of aromatic nitrogens is 2. The van der Waals surface area contributed by atoms with E-state index in [1.54, 1.807) is 24.3 Å². The molecule has 2 aromatic carbocycles. The maximum absolute atomic E-state index is 13.3. The van der Waals surface area contributed by atoms with Gasteiger partial charge in [-0.3, -0.25) is 19.1 Å². The van der Waals surface area contributed by atoms with Crippen molar-refractivity contribution in [2.45, 2.75) is 17.8 Å². The van der Waals surface area contributed by atoms with Crippen molar-refractivity contribution >= 4 is 28.6 Å². The Balaban J connectivity index is 1.50. The normalized spacial score (nSPS) is 14.8. The molecule has 0 unspecified atom stereocenters. The van der Waals surface area contributed by atoms with Gasteiger partial charge in [0.25, 0.3) is 5.56 Å². The second-order valence-corrected chi connectivity index (χ2v) is 8.99. The number of halogens is 3. The van der Waals surface area contributed by atoms with Gasteiger partial charge in [-0.25, -0.2) is 4.98 Å². The van der Waals surface area contributed by atoms with Crippen molar-refractivity contribution in [3.8, 4) is 5.69 Å². The highest BCUT2D eigenvalue weighted by Gasteiger charge is 2.31. The SMILES string of the molecule is O=C(CSc1nc2ccccc2c(=O)n1-c1cccc(C(F)(F)F)c1)NCCCN1CCOCC1. The standard InChI is InChI=1S/C24H25F3N4O3S/c25-24(26,27)17-5-3-6-18(15-17)31-22(33)19-7-1-2-8-20(19)29-23(31)35-16-21(32)28-9-4-10-30-11-13-34-14-12-30/h1-3,5-8,15H,4,9-14,16H2,(H,28,32). The summed E-state index contributed by atoms with van der Waals surface area (Å²) >= 11 is 1.01. The number of hydrogen-bond acceptors (Lipinski definition) is 6. The summed E-state index contributed by atoms with van der Waals surface area (Å²) in [5.74, 6) is -0.267. The summed E-state index contributed by atoms with van der Waals surface area (Å²) in [6.45, 7) is 4.56. The first-order valence-corrected chi connectivity index (χ1v) is 12.2. The number of carbonyl (C=O) groups is 1. The van der Waals surface area contributed by atoms with Gasteiger partial charge in [0.05, 0.1) is 41.1 Å². The van der Waals surface area contributed by atoms with Gasteiger partial charge in [0.15, 0.2) is 5.16 Å². The van der Waals surface area contributed by atoms with Gasteiger partial charge in [-0.05, 0) is 43.3 Å². The molecule has 0 saturated carbocycles. The molecule has 186 valence electrons. The molecule has 0 aliphatic carbocycles. The Labute approximate surface area is 204 Å². The molecule has 35 heavy (non-hydrogen) atoms. The molecule has 4 rings (SSSR count). The van der Waals surface area contributed by atoms with Crippen molar-refractivity contribution in [2.75, 3.05) is 45.1 Å². The Morgan fingerprint density at radius 1 is 1.11 bits per heavy atom. The fourth-order valence-electron chi connectivity index (χ4n) is 3.79. The summed E-state index contributed by atoms with van der Waals surface area (Å²) in [7, 11) is 0. The number of benzene rings is 2. The van der Waals surface area contributed by atoms with Crippen LogP contribution in [0.3, 0.4) is 0 Å². The molecule has 1 aromatic heterocycles. The van der Waals surface area contributed by atoms with Crippen LogP contribution in [0.5, 0.6) is 0 Å². The van der Waals surface area contributed by atoms with Gasteiger partial charge >= 0.3 is 6.18 Å². The highest BCUT2D eigenvalue weighted by Crippen LogP contribution is 2.31.